The number of furan rings is 1. The van der Waals surface area contributed by atoms with E-state index in [1.165, 1.54) is 17.7 Å². The maximum Gasteiger partial charge on any atom is 0.335 e. The first kappa shape index (κ1) is 17.0. The highest BCUT2D eigenvalue weighted by Crippen LogP contribution is 2.31. The number of benzene rings is 2. The monoisotopic (exact) mass is 378 g/mol. The molecule has 7 nitrogen and oxygen atoms in total. The maximum absolute atomic E-state index is 11.1. The molecule has 1 fully saturated rings. The molecule has 0 atom stereocenters. The molecule has 1 N–H and O–H groups in total. The molecule has 4 aromatic rings. The number of carboxylic acids is 1. The highest BCUT2D eigenvalue weighted by Gasteiger charge is 2.16. The third-order valence-corrected chi connectivity index (χ3v) is 4.94. The zero-order valence-electron chi connectivity index (χ0n) is 15.1. The van der Waals surface area contributed by atoms with Gasteiger partial charge in [0.2, 0.25) is 0 Å². The Labute approximate surface area is 160 Å². The molecular formula is C21H18N2O5. The number of aromatic carboxylic acids is 1. The van der Waals surface area contributed by atoms with Crippen molar-refractivity contribution in [1.29, 1.82) is 0 Å². The molecule has 0 amide bonds. The number of ether oxygens (including phenoxy) is 1. The van der Waals surface area contributed by atoms with E-state index >= 15 is 0 Å². The molecule has 28 heavy (non-hydrogen) atoms. The van der Waals surface area contributed by atoms with E-state index in [0.717, 1.165) is 43.8 Å². The Kier molecular flexibility index (Phi) is 4.11. The summed E-state index contributed by atoms with van der Waals surface area (Å²) in [6, 6.07) is 12.7. The van der Waals surface area contributed by atoms with Gasteiger partial charge in [-0.2, -0.15) is 0 Å². The predicted octanol–water partition coefficient (Wildman–Crippen LogP) is 3.77. The number of hydrogen-bond donors (Lipinski definition) is 1. The highest BCUT2D eigenvalue weighted by molar-refractivity contribution is 5.92. The Hall–Kier alpha value is -3.16. The van der Waals surface area contributed by atoms with E-state index in [1.807, 2.05) is 12.1 Å². The van der Waals surface area contributed by atoms with Crippen molar-refractivity contribution >= 4 is 28.0 Å². The second-order valence-corrected chi connectivity index (χ2v) is 6.88. The van der Waals surface area contributed by atoms with Gasteiger partial charge in [0.05, 0.1) is 18.8 Å². The molecule has 5 rings (SSSR count). The van der Waals surface area contributed by atoms with Gasteiger partial charge in [0.1, 0.15) is 11.1 Å². The van der Waals surface area contributed by atoms with Gasteiger partial charge in [-0.05, 0) is 42.0 Å². The van der Waals surface area contributed by atoms with Crippen molar-refractivity contribution < 1.29 is 23.5 Å². The van der Waals surface area contributed by atoms with Gasteiger partial charge in [-0.25, -0.2) is 9.78 Å². The standard InChI is InChI=1S/C21H18N2O5/c24-21(25)14-2-3-16-18(10-14)28-20(22-16)19-11-15-9-13(1-4-17(15)27-19)12-23-5-7-26-8-6-23/h1-4,9-11H,5-8,12H2,(H,24,25). The van der Waals surface area contributed by atoms with Crippen molar-refractivity contribution in [2.75, 3.05) is 26.3 Å². The second kappa shape index (κ2) is 6.78. The first-order valence-electron chi connectivity index (χ1n) is 9.12. The van der Waals surface area contributed by atoms with Crippen molar-refractivity contribution in [2.24, 2.45) is 0 Å². The van der Waals surface area contributed by atoms with E-state index < -0.39 is 5.97 Å². The summed E-state index contributed by atoms with van der Waals surface area (Å²) in [4.78, 5) is 17.9. The number of rotatable bonds is 4. The lowest BCUT2D eigenvalue weighted by Gasteiger charge is -2.26. The van der Waals surface area contributed by atoms with Gasteiger partial charge in [0.15, 0.2) is 11.3 Å². The van der Waals surface area contributed by atoms with Crippen molar-refractivity contribution in [3.05, 3.63) is 53.6 Å². The van der Waals surface area contributed by atoms with Crippen molar-refractivity contribution in [1.82, 2.24) is 9.88 Å². The second-order valence-electron chi connectivity index (χ2n) is 6.88. The van der Waals surface area contributed by atoms with Crippen LogP contribution in [0.15, 0.2) is 51.3 Å². The first-order valence-corrected chi connectivity index (χ1v) is 9.12. The van der Waals surface area contributed by atoms with Crippen LogP contribution in [0.1, 0.15) is 15.9 Å². The number of morpholine rings is 1. The van der Waals surface area contributed by atoms with Gasteiger partial charge >= 0.3 is 5.97 Å². The van der Waals surface area contributed by atoms with Crippen LogP contribution in [0.2, 0.25) is 0 Å². The van der Waals surface area contributed by atoms with Gasteiger partial charge in [-0.15, -0.1) is 0 Å². The fraction of sp³-hybridized carbons (Fsp3) is 0.238. The fourth-order valence-electron chi connectivity index (χ4n) is 3.48. The molecule has 3 heterocycles. The topological polar surface area (TPSA) is 88.9 Å². The minimum absolute atomic E-state index is 0.160. The number of carboxylic acid groups (broad SMARTS) is 1. The number of oxazole rings is 1. The van der Waals surface area contributed by atoms with E-state index in [4.69, 9.17) is 18.7 Å². The van der Waals surface area contributed by atoms with Crippen LogP contribution in [0.4, 0.5) is 0 Å². The molecule has 0 aliphatic carbocycles. The number of fused-ring (bicyclic) bond motifs is 2. The molecule has 0 unspecified atom stereocenters. The zero-order chi connectivity index (χ0) is 19.1. The lowest BCUT2D eigenvalue weighted by atomic mass is 10.1. The van der Waals surface area contributed by atoms with Crippen molar-refractivity contribution in [2.45, 2.75) is 6.54 Å². The normalized spacial score (nSPS) is 15.4. The maximum atomic E-state index is 11.1. The Balaban J connectivity index is 1.45. The predicted molar refractivity (Wildman–Crippen MR) is 102 cm³/mol. The van der Waals surface area contributed by atoms with Crippen LogP contribution in [0.25, 0.3) is 33.7 Å². The molecular weight excluding hydrogens is 360 g/mol. The molecule has 0 radical (unpaired) electrons. The first-order chi connectivity index (χ1) is 13.7. The smallest absolute Gasteiger partial charge is 0.335 e. The molecule has 0 bridgehead atoms. The number of nitrogens with zero attached hydrogens (tertiary/aromatic N) is 2. The third-order valence-electron chi connectivity index (χ3n) is 4.94. The lowest BCUT2D eigenvalue weighted by Crippen LogP contribution is -2.35. The molecule has 142 valence electrons. The molecule has 7 heteroatoms. The van der Waals surface area contributed by atoms with Crippen LogP contribution in [-0.2, 0) is 11.3 Å². The molecule has 1 aliphatic heterocycles. The van der Waals surface area contributed by atoms with Gasteiger partial charge in [0.25, 0.3) is 5.89 Å². The van der Waals surface area contributed by atoms with Gasteiger partial charge in [0, 0.05) is 25.0 Å². The minimum Gasteiger partial charge on any atom is -0.478 e. The van der Waals surface area contributed by atoms with E-state index in [2.05, 4.69) is 22.0 Å². The fourth-order valence-corrected chi connectivity index (χ4v) is 3.48. The lowest BCUT2D eigenvalue weighted by molar-refractivity contribution is 0.0342. The summed E-state index contributed by atoms with van der Waals surface area (Å²) in [5.74, 6) is -0.147. The molecule has 1 aliphatic rings. The van der Waals surface area contributed by atoms with Crippen LogP contribution in [-0.4, -0.2) is 47.3 Å². The summed E-state index contributed by atoms with van der Waals surface area (Å²) >= 11 is 0. The number of aromatic nitrogens is 1. The summed E-state index contributed by atoms with van der Waals surface area (Å²) in [6.07, 6.45) is 0. The van der Waals surface area contributed by atoms with Gasteiger partial charge < -0.3 is 18.7 Å². The largest absolute Gasteiger partial charge is 0.478 e. The molecule has 0 spiro atoms. The van der Waals surface area contributed by atoms with Crippen molar-refractivity contribution in [3.63, 3.8) is 0 Å². The molecule has 1 saturated heterocycles. The average Bonchev–Trinajstić information content (AvgIpc) is 3.31. The number of carbonyl (C=O) groups is 1. The van der Waals surface area contributed by atoms with Gasteiger partial charge in [-0.3, -0.25) is 4.90 Å². The van der Waals surface area contributed by atoms with Crippen LogP contribution >= 0.6 is 0 Å². The van der Waals surface area contributed by atoms with Gasteiger partial charge in [-0.1, -0.05) is 6.07 Å². The SMILES string of the molecule is O=C(O)c1ccc2nc(-c3cc4cc(CN5CCOCC5)ccc4o3)oc2c1. The minimum atomic E-state index is -1.00. The molecule has 2 aromatic heterocycles. The third kappa shape index (κ3) is 3.15. The van der Waals surface area contributed by atoms with Crippen LogP contribution in [0.5, 0.6) is 0 Å². The van der Waals surface area contributed by atoms with Crippen molar-refractivity contribution in [3.8, 4) is 11.7 Å². The van der Waals surface area contributed by atoms with E-state index in [1.54, 1.807) is 6.07 Å². The Morgan fingerprint density at radius 2 is 1.89 bits per heavy atom. The quantitative estimate of drug-likeness (QED) is 0.578. The summed E-state index contributed by atoms with van der Waals surface area (Å²) in [5, 5.41) is 10.1. The Morgan fingerprint density at radius 1 is 1.04 bits per heavy atom. The highest BCUT2D eigenvalue weighted by atomic mass is 16.5. The number of hydrogen-bond acceptors (Lipinski definition) is 6. The zero-order valence-corrected chi connectivity index (χ0v) is 15.1. The Bertz CT molecular complexity index is 1170. The summed E-state index contributed by atoms with van der Waals surface area (Å²) in [7, 11) is 0. The van der Waals surface area contributed by atoms with E-state index in [9.17, 15) is 4.79 Å². The van der Waals surface area contributed by atoms with E-state index in [-0.39, 0.29) is 5.56 Å². The summed E-state index contributed by atoms with van der Waals surface area (Å²) in [6.45, 7) is 4.31. The summed E-state index contributed by atoms with van der Waals surface area (Å²) < 4.78 is 17.0. The van der Waals surface area contributed by atoms with Crippen LogP contribution in [0, 0.1) is 0 Å². The van der Waals surface area contributed by atoms with E-state index in [0.29, 0.717) is 22.8 Å². The van der Waals surface area contributed by atoms with Crippen LogP contribution < -0.4 is 0 Å². The average molecular weight is 378 g/mol. The van der Waals surface area contributed by atoms with Crippen LogP contribution in [0.3, 0.4) is 0 Å². The summed E-state index contributed by atoms with van der Waals surface area (Å²) in [5.41, 5.74) is 3.14. The molecule has 0 saturated carbocycles. The Morgan fingerprint density at radius 3 is 2.71 bits per heavy atom. The molecule has 2 aromatic carbocycles.